The smallest absolute Gasteiger partial charge is 0.407 e. The zero-order chi connectivity index (χ0) is 30.9. The SMILES string of the molecule is CC(C)(C)OC(=O)NCCOCCOCCOC[C@@H]1CCc2cc(C(=O)N[C@H]3CC(C)(C)Oc4ccccc43)ccc2O1. The van der Waals surface area contributed by atoms with Crippen LogP contribution in [0.15, 0.2) is 42.5 Å². The third kappa shape index (κ3) is 10.4. The number of fused-ring (bicyclic) bond motifs is 2. The first-order valence-electron chi connectivity index (χ1n) is 15.1. The van der Waals surface area contributed by atoms with Gasteiger partial charge in [0.05, 0.1) is 45.7 Å². The molecule has 43 heavy (non-hydrogen) atoms. The largest absolute Gasteiger partial charge is 0.488 e. The summed E-state index contributed by atoms with van der Waals surface area (Å²) in [5.74, 6) is 1.51. The lowest BCUT2D eigenvalue weighted by Crippen LogP contribution is -2.41. The van der Waals surface area contributed by atoms with Gasteiger partial charge in [0.2, 0.25) is 0 Å². The molecule has 2 atom stereocenters. The van der Waals surface area contributed by atoms with E-state index in [1.807, 2.05) is 77.1 Å². The molecule has 0 unspecified atom stereocenters. The van der Waals surface area contributed by atoms with Crippen molar-refractivity contribution in [2.24, 2.45) is 0 Å². The lowest BCUT2D eigenvalue weighted by atomic mass is 9.89. The van der Waals surface area contributed by atoms with Crippen molar-refractivity contribution >= 4 is 12.0 Å². The number of nitrogens with one attached hydrogen (secondary N) is 2. The number of amides is 2. The molecule has 0 saturated heterocycles. The van der Waals surface area contributed by atoms with E-state index in [2.05, 4.69) is 10.6 Å². The highest BCUT2D eigenvalue weighted by molar-refractivity contribution is 5.95. The molecule has 2 amide bonds. The quantitative estimate of drug-likeness (QED) is 0.310. The second-order valence-corrected chi connectivity index (χ2v) is 12.5. The first kappa shape index (κ1) is 32.6. The minimum absolute atomic E-state index is 0.0473. The molecule has 0 spiro atoms. The molecule has 2 aliphatic heterocycles. The van der Waals surface area contributed by atoms with Gasteiger partial charge in [0.25, 0.3) is 5.91 Å². The molecule has 4 rings (SSSR count). The van der Waals surface area contributed by atoms with Gasteiger partial charge in [-0.15, -0.1) is 0 Å². The van der Waals surface area contributed by atoms with E-state index in [0.717, 1.165) is 35.5 Å². The second-order valence-electron chi connectivity index (χ2n) is 12.5. The minimum Gasteiger partial charge on any atom is -0.488 e. The Labute approximate surface area is 254 Å². The molecule has 2 N–H and O–H groups in total. The van der Waals surface area contributed by atoms with Crippen molar-refractivity contribution in [2.75, 3.05) is 46.2 Å². The number of benzene rings is 2. The first-order valence-corrected chi connectivity index (χ1v) is 15.1. The molecular weight excluding hydrogens is 552 g/mol. The fraction of sp³-hybridized carbons (Fsp3) is 0.576. The molecule has 2 aromatic rings. The van der Waals surface area contributed by atoms with Crippen LogP contribution in [0.25, 0.3) is 0 Å². The Bertz CT molecular complexity index is 1230. The highest BCUT2D eigenvalue weighted by atomic mass is 16.6. The maximum absolute atomic E-state index is 13.2. The van der Waals surface area contributed by atoms with E-state index < -0.39 is 11.7 Å². The zero-order valence-electron chi connectivity index (χ0n) is 26.0. The molecule has 236 valence electrons. The van der Waals surface area contributed by atoms with Crippen LogP contribution in [0.5, 0.6) is 11.5 Å². The molecule has 0 aromatic heterocycles. The number of hydrogen-bond donors (Lipinski definition) is 2. The van der Waals surface area contributed by atoms with E-state index >= 15 is 0 Å². The van der Waals surface area contributed by atoms with Gasteiger partial charge in [0.15, 0.2) is 0 Å². The van der Waals surface area contributed by atoms with E-state index in [4.69, 9.17) is 28.4 Å². The van der Waals surface area contributed by atoms with E-state index in [9.17, 15) is 9.59 Å². The van der Waals surface area contributed by atoms with Gasteiger partial charge in [-0.2, -0.15) is 0 Å². The Balaban J connectivity index is 1.10. The number of alkyl carbamates (subject to hydrolysis) is 1. The average Bonchev–Trinajstić information content (AvgIpc) is 2.94. The summed E-state index contributed by atoms with van der Waals surface area (Å²) in [6.45, 7) is 12.5. The topological polar surface area (TPSA) is 114 Å². The molecule has 10 heteroatoms. The van der Waals surface area contributed by atoms with E-state index in [1.165, 1.54) is 0 Å². The highest BCUT2D eigenvalue weighted by Gasteiger charge is 2.34. The molecule has 10 nitrogen and oxygen atoms in total. The monoisotopic (exact) mass is 598 g/mol. The molecule has 0 aliphatic carbocycles. The van der Waals surface area contributed by atoms with Gasteiger partial charge in [0, 0.05) is 24.1 Å². The Hall–Kier alpha value is -3.34. The summed E-state index contributed by atoms with van der Waals surface area (Å²) in [5, 5.41) is 5.86. The maximum atomic E-state index is 13.2. The molecule has 0 radical (unpaired) electrons. The number of ether oxygens (including phenoxy) is 6. The van der Waals surface area contributed by atoms with E-state index in [0.29, 0.717) is 58.2 Å². The van der Waals surface area contributed by atoms with Gasteiger partial charge in [-0.1, -0.05) is 18.2 Å². The summed E-state index contributed by atoms with van der Waals surface area (Å²) in [5.41, 5.74) is 1.77. The van der Waals surface area contributed by atoms with Crippen LogP contribution in [0.3, 0.4) is 0 Å². The van der Waals surface area contributed by atoms with Gasteiger partial charge in [-0.3, -0.25) is 4.79 Å². The summed E-state index contributed by atoms with van der Waals surface area (Å²) in [7, 11) is 0. The van der Waals surface area contributed by atoms with Crippen LogP contribution in [-0.4, -0.2) is 75.5 Å². The predicted molar refractivity (Wildman–Crippen MR) is 162 cm³/mol. The summed E-state index contributed by atoms with van der Waals surface area (Å²) < 4.78 is 34.2. The van der Waals surface area contributed by atoms with Crippen LogP contribution in [0, 0.1) is 0 Å². The Kier molecular flexibility index (Phi) is 11.3. The summed E-state index contributed by atoms with van der Waals surface area (Å²) in [4.78, 5) is 24.8. The average molecular weight is 599 g/mol. The fourth-order valence-electron chi connectivity index (χ4n) is 5.07. The molecule has 2 aliphatic rings. The van der Waals surface area contributed by atoms with Gasteiger partial charge < -0.3 is 39.1 Å². The van der Waals surface area contributed by atoms with Crippen molar-refractivity contribution in [3.05, 3.63) is 59.2 Å². The van der Waals surface area contributed by atoms with Gasteiger partial charge in [-0.25, -0.2) is 4.79 Å². The van der Waals surface area contributed by atoms with Crippen molar-refractivity contribution < 1.29 is 38.0 Å². The number of rotatable bonds is 13. The Morgan fingerprint density at radius 2 is 1.67 bits per heavy atom. The van der Waals surface area contributed by atoms with Gasteiger partial charge in [0.1, 0.15) is 28.8 Å². The van der Waals surface area contributed by atoms with Crippen LogP contribution in [0.2, 0.25) is 0 Å². The lowest BCUT2D eigenvalue weighted by molar-refractivity contribution is -0.00793. The van der Waals surface area contributed by atoms with Crippen molar-refractivity contribution in [1.29, 1.82) is 0 Å². The van der Waals surface area contributed by atoms with Crippen LogP contribution in [-0.2, 0) is 25.4 Å². The fourth-order valence-corrected chi connectivity index (χ4v) is 5.07. The van der Waals surface area contributed by atoms with Gasteiger partial charge in [-0.05, 0) is 77.3 Å². The number of para-hydroxylation sites is 1. The number of carbonyl (C=O) groups excluding carboxylic acids is 2. The zero-order valence-corrected chi connectivity index (χ0v) is 26.0. The Morgan fingerprint density at radius 3 is 2.44 bits per heavy atom. The third-order valence-corrected chi connectivity index (χ3v) is 7.00. The van der Waals surface area contributed by atoms with Crippen molar-refractivity contribution in [1.82, 2.24) is 10.6 Å². The molecular formula is C33H46N2O8. The Morgan fingerprint density at radius 1 is 0.953 bits per heavy atom. The van der Waals surface area contributed by atoms with Crippen molar-refractivity contribution in [2.45, 2.75) is 77.2 Å². The number of aryl methyl sites for hydroxylation is 1. The van der Waals surface area contributed by atoms with Crippen molar-refractivity contribution in [3.8, 4) is 11.5 Å². The van der Waals surface area contributed by atoms with E-state index in [-0.39, 0.29) is 23.7 Å². The normalized spacial score (nSPS) is 18.8. The summed E-state index contributed by atoms with van der Waals surface area (Å²) >= 11 is 0. The van der Waals surface area contributed by atoms with Crippen LogP contribution in [0.1, 0.15) is 75.0 Å². The van der Waals surface area contributed by atoms with Crippen LogP contribution in [0.4, 0.5) is 4.79 Å². The molecule has 0 fully saturated rings. The van der Waals surface area contributed by atoms with Crippen LogP contribution < -0.4 is 20.1 Å². The molecule has 2 aromatic carbocycles. The summed E-state index contributed by atoms with van der Waals surface area (Å²) in [6, 6.07) is 13.4. The lowest BCUT2D eigenvalue weighted by Gasteiger charge is -2.37. The molecule has 0 bridgehead atoms. The first-order chi connectivity index (χ1) is 20.5. The molecule has 2 heterocycles. The second kappa shape index (κ2) is 14.9. The molecule has 0 saturated carbocycles. The highest BCUT2D eigenvalue weighted by Crippen LogP contribution is 2.39. The summed E-state index contributed by atoms with van der Waals surface area (Å²) in [6.07, 6.45) is 1.82. The maximum Gasteiger partial charge on any atom is 0.407 e. The minimum atomic E-state index is -0.518. The predicted octanol–water partition coefficient (Wildman–Crippen LogP) is 4.99. The van der Waals surface area contributed by atoms with Crippen LogP contribution >= 0.6 is 0 Å². The van der Waals surface area contributed by atoms with E-state index in [1.54, 1.807) is 0 Å². The number of carbonyl (C=O) groups is 2. The standard InChI is InChI=1S/C33H46N2O8/c1-32(2,3)43-31(37)34-14-15-38-16-17-39-18-19-40-22-25-12-10-23-20-24(11-13-28(23)41-25)30(36)35-27-21-33(4,5)42-29-9-7-6-8-26(27)29/h6-9,11,13,20,25,27H,10,12,14-19,21-22H2,1-5H3,(H,34,37)(H,35,36)/t25-,27-/m0/s1. The number of hydrogen-bond acceptors (Lipinski definition) is 8. The third-order valence-electron chi connectivity index (χ3n) is 7.00. The van der Waals surface area contributed by atoms with Gasteiger partial charge >= 0.3 is 6.09 Å². The van der Waals surface area contributed by atoms with Crippen molar-refractivity contribution in [3.63, 3.8) is 0 Å².